The van der Waals surface area contributed by atoms with Crippen LogP contribution < -0.4 is 5.32 Å². The van der Waals surface area contributed by atoms with Gasteiger partial charge in [-0.1, -0.05) is 6.07 Å². The van der Waals surface area contributed by atoms with Crippen molar-refractivity contribution in [3.63, 3.8) is 0 Å². The van der Waals surface area contributed by atoms with Crippen molar-refractivity contribution in [2.24, 2.45) is 0 Å². The molecule has 0 bridgehead atoms. The fourth-order valence-electron chi connectivity index (χ4n) is 1.61. The second-order valence-corrected chi connectivity index (χ2v) is 4.52. The third-order valence-electron chi connectivity index (χ3n) is 2.20. The monoisotopic (exact) mass is 221 g/mol. The molecule has 1 aromatic carbocycles. The maximum atomic E-state index is 11.7. The minimum atomic E-state index is -0.147. The van der Waals surface area contributed by atoms with E-state index in [2.05, 4.69) is 5.32 Å². The summed E-state index contributed by atoms with van der Waals surface area (Å²) in [6.45, 7) is 1.44. The van der Waals surface area contributed by atoms with Crippen LogP contribution in [0.25, 0.3) is 0 Å². The molecule has 0 radical (unpaired) electrons. The highest BCUT2D eigenvalue weighted by Gasteiger charge is 2.21. The van der Waals surface area contributed by atoms with Gasteiger partial charge in [0.2, 0.25) is 5.91 Å². The summed E-state index contributed by atoms with van der Waals surface area (Å²) in [4.78, 5) is 23.7. The fourth-order valence-corrected chi connectivity index (χ4v) is 2.66. The Kier molecular flexibility index (Phi) is 2.77. The third-order valence-corrected chi connectivity index (χ3v) is 3.26. The maximum Gasteiger partial charge on any atom is 0.221 e. The summed E-state index contributed by atoms with van der Waals surface area (Å²) in [6, 6.07) is 5.54. The molecule has 78 valence electrons. The van der Waals surface area contributed by atoms with Gasteiger partial charge in [-0.15, -0.1) is 11.8 Å². The van der Waals surface area contributed by atoms with E-state index in [1.807, 2.05) is 12.1 Å². The summed E-state index contributed by atoms with van der Waals surface area (Å²) in [7, 11) is 0. The number of carbonyl (C=O) groups excluding carboxylic acids is 2. The zero-order valence-corrected chi connectivity index (χ0v) is 9.19. The van der Waals surface area contributed by atoms with Gasteiger partial charge in [-0.2, -0.15) is 0 Å². The highest BCUT2D eigenvalue weighted by atomic mass is 32.2. The standard InChI is InChI=1S/C11H11NO2S/c1-7(13)12-8-3-2-4-10-11(8)9(14)5-6-15-10/h2-4H,5-6H2,1H3,(H,12,13). The van der Waals surface area contributed by atoms with Crippen molar-refractivity contribution in [2.45, 2.75) is 18.2 Å². The number of hydrogen-bond acceptors (Lipinski definition) is 3. The Morgan fingerprint density at radius 1 is 1.47 bits per heavy atom. The lowest BCUT2D eigenvalue weighted by molar-refractivity contribution is -0.114. The second-order valence-electron chi connectivity index (χ2n) is 3.38. The molecule has 0 aromatic heterocycles. The summed E-state index contributed by atoms with van der Waals surface area (Å²) in [6.07, 6.45) is 0.550. The van der Waals surface area contributed by atoms with Crippen molar-refractivity contribution < 1.29 is 9.59 Å². The van der Waals surface area contributed by atoms with Gasteiger partial charge >= 0.3 is 0 Å². The smallest absolute Gasteiger partial charge is 0.221 e. The maximum absolute atomic E-state index is 11.7. The van der Waals surface area contributed by atoms with E-state index in [0.717, 1.165) is 10.6 Å². The van der Waals surface area contributed by atoms with Crippen LogP contribution in [-0.2, 0) is 4.79 Å². The predicted molar refractivity (Wildman–Crippen MR) is 60.4 cm³/mol. The number of ketones is 1. The lowest BCUT2D eigenvalue weighted by Gasteiger charge is -2.17. The van der Waals surface area contributed by atoms with Crippen molar-refractivity contribution in [1.29, 1.82) is 0 Å². The largest absolute Gasteiger partial charge is 0.326 e. The topological polar surface area (TPSA) is 46.2 Å². The molecule has 0 spiro atoms. The van der Waals surface area contributed by atoms with Gasteiger partial charge < -0.3 is 5.32 Å². The van der Waals surface area contributed by atoms with Crippen LogP contribution >= 0.6 is 11.8 Å². The first kappa shape index (κ1) is 10.2. The molecule has 1 heterocycles. The Balaban J connectivity index is 2.46. The van der Waals surface area contributed by atoms with E-state index in [1.54, 1.807) is 17.8 Å². The van der Waals surface area contributed by atoms with Crippen molar-refractivity contribution in [1.82, 2.24) is 0 Å². The molecule has 1 aliphatic heterocycles. The van der Waals surface area contributed by atoms with Gasteiger partial charge in [-0.3, -0.25) is 9.59 Å². The molecule has 3 nitrogen and oxygen atoms in total. The first-order valence-electron chi connectivity index (χ1n) is 4.75. The van der Waals surface area contributed by atoms with Gasteiger partial charge in [-0.25, -0.2) is 0 Å². The van der Waals surface area contributed by atoms with Crippen LogP contribution in [0.1, 0.15) is 23.7 Å². The van der Waals surface area contributed by atoms with Crippen LogP contribution in [-0.4, -0.2) is 17.4 Å². The Morgan fingerprint density at radius 2 is 2.27 bits per heavy atom. The predicted octanol–water partition coefficient (Wildman–Crippen LogP) is 2.32. The second kappa shape index (κ2) is 4.06. The number of rotatable bonds is 1. The average Bonchev–Trinajstić information content (AvgIpc) is 2.17. The summed E-state index contributed by atoms with van der Waals surface area (Å²) in [5.41, 5.74) is 1.31. The van der Waals surface area contributed by atoms with Gasteiger partial charge in [0.25, 0.3) is 0 Å². The first-order valence-corrected chi connectivity index (χ1v) is 5.73. The number of carbonyl (C=O) groups is 2. The van der Waals surface area contributed by atoms with Crippen molar-refractivity contribution in [3.8, 4) is 0 Å². The molecule has 0 aliphatic carbocycles. The SMILES string of the molecule is CC(=O)Nc1cccc2c1C(=O)CCS2. The van der Waals surface area contributed by atoms with Gasteiger partial charge in [0.05, 0.1) is 11.3 Å². The van der Waals surface area contributed by atoms with E-state index in [-0.39, 0.29) is 11.7 Å². The zero-order valence-electron chi connectivity index (χ0n) is 8.37. The Hall–Kier alpha value is -1.29. The van der Waals surface area contributed by atoms with E-state index < -0.39 is 0 Å². The van der Waals surface area contributed by atoms with E-state index in [1.165, 1.54) is 6.92 Å². The molecule has 4 heteroatoms. The van der Waals surface area contributed by atoms with Gasteiger partial charge in [0, 0.05) is 24.0 Å². The molecule has 0 saturated carbocycles. The number of thioether (sulfide) groups is 1. The van der Waals surface area contributed by atoms with E-state index in [9.17, 15) is 9.59 Å². The molecule has 2 rings (SSSR count). The normalized spacial score (nSPS) is 14.6. The molecular weight excluding hydrogens is 210 g/mol. The minimum Gasteiger partial charge on any atom is -0.326 e. The molecule has 0 atom stereocenters. The van der Waals surface area contributed by atoms with E-state index in [4.69, 9.17) is 0 Å². The quantitative estimate of drug-likeness (QED) is 0.791. The van der Waals surface area contributed by atoms with E-state index >= 15 is 0 Å². The van der Waals surface area contributed by atoms with Crippen molar-refractivity contribution in [3.05, 3.63) is 23.8 Å². The molecule has 1 amide bonds. The number of benzene rings is 1. The highest BCUT2D eigenvalue weighted by Crippen LogP contribution is 2.34. The van der Waals surface area contributed by atoms with Gasteiger partial charge in [0.1, 0.15) is 0 Å². The van der Waals surface area contributed by atoms with Crippen molar-refractivity contribution >= 4 is 29.1 Å². The van der Waals surface area contributed by atoms with Gasteiger partial charge in [0.15, 0.2) is 5.78 Å². The highest BCUT2D eigenvalue weighted by molar-refractivity contribution is 7.99. The van der Waals surface area contributed by atoms with E-state index in [0.29, 0.717) is 17.7 Å². The number of amides is 1. The fraction of sp³-hybridized carbons (Fsp3) is 0.273. The summed E-state index contributed by atoms with van der Waals surface area (Å²) < 4.78 is 0. The molecule has 1 aliphatic rings. The minimum absolute atomic E-state index is 0.119. The number of fused-ring (bicyclic) bond motifs is 1. The summed E-state index contributed by atoms with van der Waals surface area (Å²) in [5, 5.41) is 2.69. The molecule has 15 heavy (non-hydrogen) atoms. The van der Waals surface area contributed by atoms with Gasteiger partial charge in [-0.05, 0) is 12.1 Å². The van der Waals surface area contributed by atoms with Crippen molar-refractivity contribution in [2.75, 3.05) is 11.1 Å². The molecule has 0 unspecified atom stereocenters. The Bertz CT molecular complexity index is 429. The molecule has 1 N–H and O–H groups in total. The third kappa shape index (κ3) is 2.04. The number of Topliss-reactive ketones (excluding diaryl/α,β-unsaturated/α-hetero) is 1. The summed E-state index contributed by atoms with van der Waals surface area (Å²) >= 11 is 1.66. The Labute approximate surface area is 92.2 Å². The lowest BCUT2D eigenvalue weighted by atomic mass is 10.1. The number of anilines is 1. The number of nitrogens with one attached hydrogen (secondary N) is 1. The zero-order chi connectivity index (χ0) is 10.8. The molecule has 1 aromatic rings. The molecular formula is C11H11NO2S. The van der Waals surface area contributed by atoms with Crippen LogP contribution in [0.5, 0.6) is 0 Å². The number of hydrogen-bond donors (Lipinski definition) is 1. The van der Waals surface area contributed by atoms with Crippen LogP contribution in [0.4, 0.5) is 5.69 Å². The molecule has 0 fully saturated rings. The van der Waals surface area contributed by atoms with Crippen LogP contribution in [0.15, 0.2) is 23.1 Å². The Morgan fingerprint density at radius 3 is 3.00 bits per heavy atom. The summed E-state index contributed by atoms with van der Waals surface area (Å²) in [5.74, 6) is 0.801. The van der Waals surface area contributed by atoms with Crippen LogP contribution in [0, 0.1) is 0 Å². The first-order chi connectivity index (χ1) is 7.18. The van der Waals surface area contributed by atoms with Crippen LogP contribution in [0.2, 0.25) is 0 Å². The molecule has 0 saturated heterocycles. The lowest BCUT2D eigenvalue weighted by Crippen LogP contribution is -2.14. The average molecular weight is 221 g/mol. The van der Waals surface area contributed by atoms with Crippen LogP contribution in [0.3, 0.4) is 0 Å².